The molecular formula is C39H53N5O8. The second-order valence-electron chi connectivity index (χ2n) is 14.0. The molecule has 0 saturated carbocycles. The van der Waals surface area contributed by atoms with E-state index in [0.29, 0.717) is 54.5 Å². The Hall–Kier alpha value is -4.64. The fourth-order valence-electron chi connectivity index (χ4n) is 6.04. The molecular weight excluding hydrogens is 666 g/mol. The summed E-state index contributed by atoms with van der Waals surface area (Å²) in [7, 11) is 9.18. The van der Waals surface area contributed by atoms with E-state index in [1.54, 1.807) is 31.2 Å². The molecule has 13 heteroatoms. The number of ketones is 3. The topological polar surface area (TPSA) is 170 Å². The lowest BCUT2D eigenvalue weighted by atomic mass is 9.88. The second kappa shape index (κ2) is 19.8. The zero-order valence-corrected chi connectivity index (χ0v) is 31.4. The molecule has 0 saturated heterocycles. The zero-order chi connectivity index (χ0) is 38.5. The van der Waals surface area contributed by atoms with Crippen LogP contribution in [0.4, 0.5) is 0 Å². The zero-order valence-electron chi connectivity index (χ0n) is 31.4. The molecule has 2 aromatic rings. The number of nitriles is 1. The van der Waals surface area contributed by atoms with Crippen LogP contribution in [0.2, 0.25) is 0 Å². The van der Waals surface area contributed by atoms with Crippen LogP contribution in [0.15, 0.2) is 36.4 Å². The van der Waals surface area contributed by atoms with Crippen LogP contribution in [-0.2, 0) is 30.4 Å². The van der Waals surface area contributed by atoms with Crippen LogP contribution in [0.5, 0.6) is 11.5 Å². The summed E-state index contributed by atoms with van der Waals surface area (Å²) in [5.74, 6) is -3.09. The van der Waals surface area contributed by atoms with Gasteiger partial charge in [0.05, 0.1) is 24.6 Å². The Morgan fingerprint density at radius 2 is 1.54 bits per heavy atom. The normalized spacial score (nSPS) is 18.2. The molecule has 3 rings (SSSR count). The standard InChI is InChI=1S/C39H53N5O8/c1-25-19-34(48)37(44(7)39(50)29(24-45)20-26(2)46)28-11-13-36(52-18-16-43(5)6)31(23-28)30-21-27(10-12-35(30)51-17-15-42(3)4)22-32(41-38(25)49)33(47)9-8-14-40/h10-13,21,23,25,29,32,37,45H,8-9,15-20,22,24H2,1-7H3,(H,41,49)/t25-,29+,32+,37+/m1/s1. The number of nitrogens with zero attached hydrogens (tertiary/aromatic N) is 4. The molecule has 0 radical (unpaired) electrons. The van der Waals surface area contributed by atoms with Gasteiger partial charge in [-0.1, -0.05) is 19.1 Å². The molecule has 282 valence electrons. The number of hydrogen-bond acceptors (Lipinski definition) is 11. The highest BCUT2D eigenvalue weighted by Gasteiger charge is 2.35. The van der Waals surface area contributed by atoms with Crippen molar-refractivity contribution in [3.05, 3.63) is 47.5 Å². The predicted octanol–water partition coefficient (Wildman–Crippen LogP) is 2.83. The van der Waals surface area contributed by atoms with Crippen molar-refractivity contribution in [3.8, 4) is 28.7 Å². The third kappa shape index (κ3) is 11.7. The Morgan fingerprint density at radius 3 is 2.10 bits per heavy atom. The second-order valence-corrected chi connectivity index (χ2v) is 14.0. The van der Waals surface area contributed by atoms with E-state index in [2.05, 4.69) is 5.32 Å². The molecule has 0 spiro atoms. The van der Waals surface area contributed by atoms with Gasteiger partial charge in [0.2, 0.25) is 11.8 Å². The molecule has 4 atom stereocenters. The molecule has 2 aromatic carbocycles. The first-order valence-corrected chi connectivity index (χ1v) is 17.6. The fraction of sp³-hybridized carbons (Fsp3) is 0.538. The number of carbonyl (C=O) groups is 5. The Balaban J connectivity index is 2.32. The van der Waals surface area contributed by atoms with Gasteiger partial charge >= 0.3 is 0 Å². The summed E-state index contributed by atoms with van der Waals surface area (Å²) in [6.07, 6.45) is -0.406. The molecule has 52 heavy (non-hydrogen) atoms. The summed E-state index contributed by atoms with van der Waals surface area (Å²) in [4.78, 5) is 72.2. The maximum Gasteiger partial charge on any atom is 0.229 e. The maximum atomic E-state index is 14.3. The molecule has 13 nitrogen and oxygen atoms in total. The highest BCUT2D eigenvalue weighted by molar-refractivity contribution is 5.96. The summed E-state index contributed by atoms with van der Waals surface area (Å²) >= 11 is 0. The van der Waals surface area contributed by atoms with Crippen LogP contribution >= 0.6 is 0 Å². The molecule has 2 N–H and O–H groups in total. The molecule has 0 unspecified atom stereocenters. The van der Waals surface area contributed by atoms with Crippen molar-refractivity contribution < 1.29 is 38.6 Å². The molecule has 0 aliphatic carbocycles. The van der Waals surface area contributed by atoms with E-state index in [-0.39, 0.29) is 43.7 Å². The van der Waals surface area contributed by atoms with Gasteiger partial charge in [0.25, 0.3) is 0 Å². The predicted molar refractivity (Wildman–Crippen MR) is 196 cm³/mol. The number of aliphatic hydroxyl groups is 1. The molecule has 4 bridgehead atoms. The van der Waals surface area contributed by atoms with Gasteiger partial charge in [-0.15, -0.1) is 0 Å². The third-order valence-corrected chi connectivity index (χ3v) is 8.97. The lowest BCUT2D eigenvalue weighted by Gasteiger charge is -2.32. The van der Waals surface area contributed by atoms with E-state index in [9.17, 15) is 29.1 Å². The van der Waals surface area contributed by atoms with E-state index in [0.717, 1.165) is 5.56 Å². The lowest BCUT2D eigenvalue weighted by Crippen LogP contribution is -2.46. The van der Waals surface area contributed by atoms with Crippen molar-refractivity contribution in [2.75, 3.05) is 68.1 Å². The van der Waals surface area contributed by atoms with Gasteiger partial charge in [0.15, 0.2) is 11.6 Å². The van der Waals surface area contributed by atoms with Crippen molar-refractivity contribution in [2.45, 2.75) is 58.0 Å². The molecule has 1 heterocycles. The van der Waals surface area contributed by atoms with Crippen LogP contribution in [0.25, 0.3) is 11.1 Å². The monoisotopic (exact) mass is 719 g/mol. The van der Waals surface area contributed by atoms with Crippen LogP contribution in [0, 0.1) is 23.2 Å². The molecule has 1 aliphatic heterocycles. The minimum absolute atomic E-state index is 0.00983. The van der Waals surface area contributed by atoms with E-state index < -0.39 is 48.1 Å². The van der Waals surface area contributed by atoms with Crippen molar-refractivity contribution in [1.29, 1.82) is 5.26 Å². The highest BCUT2D eigenvalue weighted by atomic mass is 16.5. The Kier molecular flexibility index (Phi) is 15.9. The van der Waals surface area contributed by atoms with Gasteiger partial charge in [-0.25, -0.2) is 0 Å². The number of fused-ring (bicyclic) bond motifs is 5. The van der Waals surface area contributed by atoms with Crippen LogP contribution in [-0.4, -0.2) is 123 Å². The summed E-state index contributed by atoms with van der Waals surface area (Å²) in [5, 5.41) is 22.0. The van der Waals surface area contributed by atoms with Gasteiger partial charge in [-0.05, 0) is 76.9 Å². The first kappa shape index (κ1) is 41.8. The van der Waals surface area contributed by atoms with E-state index in [1.165, 1.54) is 18.9 Å². The van der Waals surface area contributed by atoms with E-state index >= 15 is 0 Å². The summed E-state index contributed by atoms with van der Waals surface area (Å²) in [6, 6.07) is 10.6. The largest absolute Gasteiger partial charge is 0.492 e. The quantitative estimate of drug-likeness (QED) is 0.262. The van der Waals surface area contributed by atoms with Crippen LogP contribution in [0.3, 0.4) is 0 Å². The lowest BCUT2D eigenvalue weighted by molar-refractivity contribution is -0.144. The SMILES string of the molecule is CC(=O)C[C@@H](CO)C(=O)N(C)[C@@H]1C(=O)C[C@@H](C)C(=O)N[C@H](C(=O)CCC#N)Cc2ccc(OCCN(C)C)c(c2)-c2cc1ccc2OCCN(C)C. The van der Waals surface area contributed by atoms with Gasteiger partial charge < -0.3 is 39.4 Å². The minimum atomic E-state index is -1.20. The van der Waals surface area contributed by atoms with Crippen molar-refractivity contribution in [2.24, 2.45) is 11.8 Å². The average Bonchev–Trinajstić information content (AvgIpc) is 3.09. The number of ether oxygens (including phenoxy) is 2. The Bertz CT molecular complexity index is 1630. The molecule has 0 aromatic heterocycles. The fourth-order valence-corrected chi connectivity index (χ4v) is 6.04. The smallest absolute Gasteiger partial charge is 0.229 e. The number of aliphatic hydroxyl groups excluding tert-OH is 1. The Labute approximate surface area is 306 Å². The van der Waals surface area contributed by atoms with Crippen LogP contribution in [0.1, 0.15) is 56.7 Å². The number of benzene rings is 2. The van der Waals surface area contributed by atoms with Gasteiger partial charge in [0, 0.05) is 62.9 Å². The number of rotatable bonds is 16. The van der Waals surface area contributed by atoms with Crippen molar-refractivity contribution in [1.82, 2.24) is 20.0 Å². The van der Waals surface area contributed by atoms with E-state index in [1.807, 2.05) is 56.2 Å². The average molecular weight is 720 g/mol. The number of amides is 2. The molecule has 0 fully saturated rings. The van der Waals surface area contributed by atoms with Crippen molar-refractivity contribution in [3.63, 3.8) is 0 Å². The first-order valence-electron chi connectivity index (χ1n) is 17.6. The number of carbonyl (C=O) groups excluding carboxylic acids is 5. The number of nitrogens with one attached hydrogen (secondary N) is 1. The summed E-state index contributed by atoms with van der Waals surface area (Å²) in [5.41, 5.74) is 2.35. The number of hydrogen-bond donors (Lipinski definition) is 2. The Morgan fingerprint density at radius 1 is 0.942 bits per heavy atom. The van der Waals surface area contributed by atoms with Crippen LogP contribution < -0.4 is 14.8 Å². The summed E-state index contributed by atoms with van der Waals surface area (Å²) in [6.45, 7) is 4.27. The molecule has 2 amide bonds. The van der Waals surface area contributed by atoms with Gasteiger partial charge in [-0.3, -0.25) is 19.2 Å². The maximum absolute atomic E-state index is 14.3. The summed E-state index contributed by atoms with van der Waals surface area (Å²) < 4.78 is 12.6. The van der Waals surface area contributed by atoms with Crippen molar-refractivity contribution >= 4 is 29.2 Å². The minimum Gasteiger partial charge on any atom is -0.492 e. The molecule has 1 aliphatic rings. The number of Topliss-reactive ketones (excluding diaryl/α,β-unsaturated/α-hetero) is 3. The highest BCUT2D eigenvalue weighted by Crippen LogP contribution is 2.40. The van der Waals surface area contributed by atoms with E-state index in [4.69, 9.17) is 14.7 Å². The first-order chi connectivity index (χ1) is 24.7. The number of likely N-dealkylation sites (N-methyl/N-ethyl adjacent to an activating group) is 3. The van der Waals surface area contributed by atoms with Gasteiger partial charge in [0.1, 0.15) is 36.5 Å². The van der Waals surface area contributed by atoms with Gasteiger partial charge in [-0.2, -0.15) is 5.26 Å². The third-order valence-electron chi connectivity index (χ3n) is 8.97.